The Morgan fingerprint density at radius 2 is 0.714 bits per heavy atom. The van der Waals surface area contributed by atoms with Crippen molar-refractivity contribution in [1.82, 2.24) is 21.7 Å². The van der Waals surface area contributed by atoms with Gasteiger partial charge in [-0.05, 0) is 0 Å². The highest BCUT2D eigenvalue weighted by molar-refractivity contribution is 5.96. The number of hydrogen-bond acceptors (Lipinski definition) is 6. The van der Waals surface area contributed by atoms with Crippen LogP contribution in [0.15, 0.2) is 68.9 Å². The molecule has 1 aliphatic rings. The number of carbonyl (C=O) groups is 2. The molecule has 10 heteroatoms. The molecule has 4 N–H and O–H groups in total. The van der Waals surface area contributed by atoms with Crippen molar-refractivity contribution in [2.45, 2.75) is 0 Å². The molecule has 1 heterocycles. The molecule has 0 atom stereocenters. The van der Waals surface area contributed by atoms with Crippen molar-refractivity contribution in [3.05, 3.63) is 70.8 Å². The molecule has 28 heavy (non-hydrogen) atoms. The molecule has 0 saturated heterocycles. The first-order chi connectivity index (χ1) is 13.7. The number of nitrogens with zero attached hydrogens (tertiary/aromatic N) is 4. The topological polar surface area (TPSA) is 132 Å². The molecule has 0 spiro atoms. The summed E-state index contributed by atoms with van der Waals surface area (Å²) in [5, 5.41) is 15.5. The molecule has 0 fully saturated rings. The molecule has 0 bridgehead atoms. The van der Waals surface area contributed by atoms with Gasteiger partial charge in [-0.2, -0.15) is 20.4 Å². The normalized spacial score (nSPS) is 19.0. The number of urea groups is 2. The summed E-state index contributed by atoms with van der Waals surface area (Å²) in [4.78, 5) is 23.6. The standard InChI is InChI=1S/C18H16N8O2/c27-17-23-19-9-13-5-1-2-6-14(13)10-20-24-18(28)26-22-12-16-8-4-3-7-15(16)11-21-25-17/h1-12H,(H2,23,25,27)(H2,24,26,28)/b19-9+,20-10+,21-11+,22-12+. The number of hydrazone groups is 4. The molecule has 140 valence electrons. The molecule has 0 saturated carbocycles. The van der Waals surface area contributed by atoms with Crippen molar-refractivity contribution in [1.29, 1.82) is 0 Å². The van der Waals surface area contributed by atoms with Gasteiger partial charge in [-0.3, -0.25) is 0 Å². The Bertz CT molecular complexity index is 828. The summed E-state index contributed by atoms with van der Waals surface area (Å²) in [7, 11) is 0. The smallest absolute Gasteiger partial charge is 0.245 e. The summed E-state index contributed by atoms with van der Waals surface area (Å²) in [6.45, 7) is 0. The lowest BCUT2D eigenvalue weighted by molar-refractivity contribution is 0.241. The van der Waals surface area contributed by atoms with E-state index in [0.29, 0.717) is 22.3 Å². The van der Waals surface area contributed by atoms with Crippen molar-refractivity contribution >= 4 is 36.9 Å². The number of benzene rings is 2. The van der Waals surface area contributed by atoms with Gasteiger partial charge in [-0.25, -0.2) is 31.3 Å². The van der Waals surface area contributed by atoms with Crippen LogP contribution in [0.3, 0.4) is 0 Å². The lowest BCUT2D eigenvalue weighted by Gasteiger charge is -2.03. The van der Waals surface area contributed by atoms with Crippen LogP contribution in [0.25, 0.3) is 0 Å². The molecule has 1 aliphatic heterocycles. The van der Waals surface area contributed by atoms with Crippen LogP contribution in [0, 0.1) is 0 Å². The summed E-state index contributed by atoms with van der Waals surface area (Å²) in [6, 6.07) is 13.2. The van der Waals surface area contributed by atoms with Gasteiger partial charge in [0.15, 0.2) is 0 Å². The third-order valence-electron chi connectivity index (χ3n) is 3.47. The van der Waals surface area contributed by atoms with Crippen LogP contribution in [0.5, 0.6) is 0 Å². The Hall–Kier alpha value is -4.34. The maximum absolute atomic E-state index is 11.8. The Balaban J connectivity index is 1.85. The summed E-state index contributed by atoms with van der Waals surface area (Å²) in [6.07, 6.45) is 5.81. The third-order valence-corrected chi connectivity index (χ3v) is 3.47. The molecule has 0 aromatic heterocycles. The molecule has 0 radical (unpaired) electrons. The van der Waals surface area contributed by atoms with Crippen molar-refractivity contribution < 1.29 is 9.59 Å². The molecule has 0 aliphatic carbocycles. The summed E-state index contributed by atoms with van der Waals surface area (Å²) in [5.41, 5.74) is 12.0. The van der Waals surface area contributed by atoms with E-state index in [2.05, 4.69) is 42.1 Å². The fraction of sp³-hybridized carbons (Fsp3) is 0. The lowest BCUT2D eigenvalue weighted by atomic mass is 10.1. The van der Waals surface area contributed by atoms with Gasteiger partial charge < -0.3 is 0 Å². The maximum atomic E-state index is 11.8. The van der Waals surface area contributed by atoms with Crippen LogP contribution >= 0.6 is 0 Å². The average Bonchev–Trinajstić information content (AvgIpc) is 2.70. The van der Waals surface area contributed by atoms with Crippen LogP contribution in [-0.4, -0.2) is 36.9 Å². The Kier molecular flexibility index (Phi) is 6.18. The molecule has 2 aromatic carbocycles. The van der Waals surface area contributed by atoms with Crippen LogP contribution in [0.2, 0.25) is 0 Å². The van der Waals surface area contributed by atoms with Crippen molar-refractivity contribution in [3.8, 4) is 0 Å². The highest BCUT2D eigenvalue weighted by Crippen LogP contribution is 2.04. The van der Waals surface area contributed by atoms with Gasteiger partial charge >= 0.3 is 12.1 Å². The van der Waals surface area contributed by atoms with E-state index in [4.69, 9.17) is 0 Å². The number of amides is 4. The van der Waals surface area contributed by atoms with E-state index in [1.165, 1.54) is 24.9 Å². The molecule has 4 amide bonds. The highest BCUT2D eigenvalue weighted by atomic mass is 16.2. The predicted octanol–water partition coefficient (Wildman–Crippen LogP) is 1.33. The van der Waals surface area contributed by atoms with Gasteiger partial charge in [0.2, 0.25) is 0 Å². The summed E-state index contributed by atoms with van der Waals surface area (Å²) in [5.74, 6) is 0. The fourth-order valence-electron chi connectivity index (χ4n) is 2.18. The van der Waals surface area contributed by atoms with Crippen LogP contribution < -0.4 is 21.7 Å². The SMILES string of the molecule is O=C1N/N=C/c2ccccc2/C=N/NC(=O)N/N=C/c2ccccc2/C=N/N1. The van der Waals surface area contributed by atoms with Gasteiger partial charge in [0.05, 0.1) is 24.9 Å². The number of rotatable bonds is 0. The van der Waals surface area contributed by atoms with Gasteiger partial charge in [0.25, 0.3) is 0 Å². The van der Waals surface area contributed by atoms with E-state index in [0.717, 1.165) is 0 Å². The van der Waals surface area contributed by atoms with E-state index < -0.39 is 12.1 Å². The van der Waals surface area contributed by atoms with E-state index in [1.54, 1.807) is 48.5 Å². The number of fused-ring (bicyclic) bond motifs is 2. The van der Waals surface area contributed by atoms with Crippen LogP contribution in [0.1, 0.15) is 22.3 Å². The second-order valence-electron chi connectivity index (χ2n) is 5.40. The first-order valence-corrected chi connectivity index (χ1v) is 8.14. The number of nitrogens with one attached hydrogen (secondary N) is 4. The molecular weight excluding hydrogens is 360 g/mol. The third kappa shape index (κ3) is 5.33. The largest absolute Gasteiger partial charge is 0.355 e. The van der Waals surface area contributed by atoms with Crippen LogP contribution in [-0.2, 0) is 0 Å². The first-order valence-electron chi connectivity index (χ1n) is 8.14. The van der Waals surface area contributed by atoms with Gasteiger partial charge in [0.1, 0.15) is 0 Å². The van der Waals surface area contributed by atoms with Gasteiger partial charge in [-0.15, -0.1) is 0 Å². The molecule has 3 rings (SSSR count). The zero-order valence-electron chi connectivity index (χ0n) is 14.5. The van der Waals surface area contributed by atoms with Crippen molar-refractivity contribution in [2.75, 3.05) is 0 Å². The maximum Gasteiger partial charge on any atom is 0.355 e. The summed E-state index contributed by atoms with van der Waals surface area (Å²) < 4.78 is 0. The predicted molar refractivity (Wildman–Crippen MR) is 107 cm³/mol. The molecule has 2 aromatic rings. The van der Waals surface area contributed by atoms with Crippen LogP contribution in [0.4, 0.5) is 9.59 Å². The Morgan fingerprint density at radius 3 is 0.964 bits per heavy atom. The van der Waals surface area contributed by atoms with E-state index >= 15 is 0 Å². The van der Waals surface area contributed by atoms with Crippen molar-refractivity contribution in [2.24, 2.45) is 20.4 Å². The second kappa shape index (κ2) is 9.38. The first kappa shape index (κ1) is 18.5. The Morgan fingerprint density at radius 1 is 0.464 bits per heavy atom. The van der Waals surface area contributed by atoms with E-state index in [-0.39, 0.29) is 0 Å². The van der Waals surface area contributed by atoms with Gasteiger partial charge in [-0.1, -0.05) is 48.5 Å². The second-order valence-corrected chi connectivity index (χ2v) is 5.40. The number of carbonyl (C=O) groups excluding carboxylic acids is 2. The Labute approximate surface area is 160 Å². The molecule has 10 nitrogen and oxygen atoms in total. The highest BCUT2D eigenvalue weighted by Gasteiger charge is 2.01. The zero-order chi connectivity index (χ0) is 19.6. The average molecular weight is 376 g/mol. The minimum atomic E-state index is -0.597. The molecular formula is C18H16N8O2. The monoisotopic (exact) mass is 376 g/mol. The van der Waals surface area contributed by atoms with Gasteiger partial charge in [0, 0.05) is 22.3 Å². The lowest BCUT2D eigenvalue weighted by Crippen LogP contribution is -2.29. The van der Waals surface area contributed by atoms with Crippen molar-refractivity contribution in [3.63, 3.8) is 0 Å². The number of hydrogen-bond donors (Lipinski definition) is 4. The zero-order valence-corrected chi connectivity index (χ0v) is 14.5. The quantitative estimate of drug-likeness (QED) is 0.553. The minimum Gasteiger partial charge on any atom is -0.245 e. The van der Waals surface area contributed by atoms with E-state index in [1.807, 2.05) is 0 Å². The fourth-order valence-corrected chi connectivity index (χ4v) is 2.18. The summed E-state index contributed by atoms with van der Waals surface area (Å²) >= 11 is 0. The van der Waals surface area contributed by atoms with E-state index in [9.17, 15) is 9.59 Å². The molecule has 0 unspecified atom stereocenters. The minimum absolute atomic E-state index is 0.597.